The first-order chi connectivity index (χ1) is 4.92. The second-order valence-corrected chi connectivity index (χ2v) is 4.18. The van der Waals surface area contributed by atoms with Gasteiger partial charge in [0.05, 0.1) is 5.92 Å². The lowest BCUT2D eigenvalue weighted by Crippen LogP contribution is -2.30. The van der Waals surface area contributed by atoms with E-state index in [2.05, 4.69) is 13.8 Å². The monoisotopic (exact) mass is 157 g/mol. The van der Waals surface area contributed by atoms with E-state index in [0.29, 0.717) is 6.42 Å². The number of nitrogens with two attached hydrogens (primary N) is 1. The van der Waals surface area contributed by atoms with Gasteiger partial charge in [0.1, 0.15) is 0 Å². The zero-order valence-electron chi connectivity index (χ0n) is 7.00. The Morgan fingerprint density at radius 2 is 2.09 bits per heavy atom. The minimum Gasteiger partial charge on any atom is -0.481 e. The van der Waals surface area contributed by atoms with E-state index < -0.39 is 5.97 Å². The smallest absolute Gasteiger partial charge is 0.308 e. The summed E-state index contributed by atoms with van der Waals surface area (Å²) in [5.41, 5.74) is 5.79. The van der Waals surface area contributed by atoms with E-state index in [1.54, 1.807) is 0 Å². The average Bonchev–Trinajstić information content (AvgIpc) is 2.05. The summed E-state index contributed by atoms with van der Waals surface area (Å²) in [6.45, 7) is 4.13. The molecule has 0 aromatic carbocycles. The predicted octanol–water partition coefficient (Wildman–Crippen LogP) is 0.834. The number of carbonyl (C=O) groups is 1. The van der Waals surface area contributed by atoms with Crippen LogP contribution in [-0.4, -0.2) is 17.1 Å². The van der Waals surface area contributed by atoms with Gasteiger partial charge in [0.2, 0.25) is 0 Å². The Hall–Kier alpha value is -0.570. The molecule has 1 aliphatic carbocycles. The highest BCUT2D eigenvalue weighted by Crippen LogP contribution is 2.40. The number of rotatable bonds is 1. The highest BCUT2D eigenvalue weighted by atomic mass is 16.4. The maximum atomic E-state index is 10.6. The van der Waals surface area contributed by atoms with Crippen molar-refractivity contribution < 1.29 is 9.90 Å². The van der Waals surface area contributed by atoms with Gasteiger partial charge in [0.25, 0.3) is 0 Å². The van der Waals surface area contributed by atoms with Crippen LogP contribution in [0.1, 0.15) is 26.7 Å². The summed E-state index contributed by atoms with van der Waals surface area (Å²) in [5, 5.41) is 8.74. The third kappa shape index (κ3) is 1.71. The number of carboxylic acid groups (broad SMARTS) is 1. The van der Waals surface area contributed by atoms with Gasteiger partial charge >= 0.3 is 5.97 Å². The second kappa shape index (κ2) is 2.48. The minimum atomic E-state index is -0.747. The molecular formula is C8H15NO2. The molecule has 3 nitrogen and oxygen atoms in total. The van der Waals surface area contributed by atoms with Gasteiger partial charge in [0.15, 0.2) is 0 Å². The maximum Gasteiger partial charge on any atom is 0.308 e. The van der Waals surface area contributed by atoms with Crippen LogP contribution in [0.4, 0.5) is 0 Å². The average molecular weight is 157 g/mol. The van der Waals surface area contributed by atoms with E-state index in [0.717, 1.165) is 6.42 Å². The summed E-state index contributed by atoms with van der Waals surface area (Å²) in [6.07, 6.45) is 1.54. The fourth-order valence-corrected chi connectivity index (χ4v) is 1.88. The minimum absolute atomic E-state index is 0.114. The highest BCUT2D eigenvalue weighted by Gasteiger charge is 2.40. The van der Waals surface area contributed by atoms with Crippen molar-refractivity contribution in [1.29, 1.82) is 0 Å². The summed E-state index contributed by atoms with van der Waals surface area (Å²) >= 11 is 0. The molecule has 0 heterocycles. The molecule has 1 rings (SSSR count). The molecule has 0 saturated heterocycles. The van der Waals surface area contributed by atoms with Crippen LogP contribution in [0.2, 0.25) is 0 Å². The fraction of sp³-hybridized carbons (Fsp3) is 0.875. The molecule has 3 N–H and O–H groups in total. The summed E-state index contributed by atoms with van der Waals surface area (Å²) in [7, 11) is 0. The third-order valence-electron chi connectivity index (χ3n) is 2.39. The quantitative estimate of drug-likeness (QED) is 0.592. The molecule has 11 heavy (non-hydrogen) atoms. The highest BCUT2D eigenvalue weighted by molar-refractivity contribution is 5.71. The fourth-order valence-electron chi connectivity index (χ4n) is 1.88. The standard InChI is InChI=1S/C8H15NO2/c1-8(2)3-5(7(10)11)6(9)4-8/h5-6H,3-4,9H2,1-2H3,(H,10,11)/t5-,6+/m1/s1. The van der Waals surface area contributed by atoms with Gasteiger partial charge in [0, 0.05) is 6.04 Å². The van der Waals surface area contributed by atoms with Crippen molar-refractivity contribution in [3.05, 3.63) is 0 Å². The molecule has 0 amide bonds. The SMILES string of the molecule is CC1(C)C[C@H](N)[C@H](C(=O)O)C1. The van der Waals surface area contributed by atoms with Crippen molar-refractivity contribution in [2.45, 2.75) is 32.7 Å². The largest absolute Gasteiger partial charge is 0.481 e. The van der Waals surface area contributed by atoms with E-state index in [4.69, 9.17) is 10.8 Å². The van der Waals surface area contributed by atoms with E-state index in [-0.39, 0.29) is 17.4 Å². The molecule has 0 spiro atoms. The molecular weight excluding hydrogens is 142 g/mol. The summed E-state index contributed by atoms with van der Waals surface area (Å²) in [5.74, 6) is -1.08. The number of carboxylic acids is 1. The Bertz CT molecular complexity index is 177. The van der Waals surface area contributed by atoms with Gasteiger partial charge in [-0.15, -0.1) is 0 Å². The van der Waals surface area contributed by atoms with Crippen LogP contribution >= 0.6 is 0 Å². The van der Waals surface area contributed by atoms with Gasteiger partial charge in [-0.1, -0.05) is 13.8 Å². The van der Waals surface area contributed by atoms with Crippen molar-refractivity contribution in [3.8, 4) is 0 Å². The number of hydrogen-bond donors (Lipinski definition) is 2. The zero-order valence-corrected chi connectivity index (χ0v) is 7.00. The molecule has 1 aliphatic rings. The first-order valence-electron chi connectivity index (χ1n) is 3.91. The van der Waals surface area contributed by atoms with Gasteiger partial charge in [-0.3, -0.25) is 4.79 Å². The molecule has 0 aliphatic heterocycles. The lowest BCUT2D eigenvalue weighted by molar-refractivity contribution is -0.142. The lowest BCUT2D eigenvalue weighted by atomic mass is 9.91. The van der Waals surface area contributed by atoms with E-state index in [1.807, 2.05) is 0 Å². The van der Waals surface area contributed by atoms with Gasteiger partial charge in [-0.2, -0.15) is 0 Å². The van der Waals surface area contributed by atoms with E-state index >= 15 is 0 Å². The molecule has 0 bridgehead atoms. The molecule has 0 unspecified atom stereocenters. The Morgan fingerprint density at radius 3 is 2.27 bits per heavy atom. The van der Waals surface area contributed by atoms with E-state index in [1.165, 1.54) is 0 Å². The van der Waals surface area contributed by atoms with Crippen molar-refractivity contribution in [1.82, 2.24) is 0 Å². The van der Waals surface area contributed by atoms with Crippen molar-refractivity contribution >= 4 is 5.97 Å². The molecule has 3 heteroatoms. The van der Waals surface area contributed by atoms with E-state index in [9.17, 15) is 4.79 Å². The Balaban J connectivity index is 2.66. The second-order valence-electron chi connectivity index (χ2n) is 4.18. The van der Waals surface area contributed by atoms with Gasteiger partial charge in [-0.25, -0.2) is 0 Å². The third-order valence-corrected chi connectivity index (χ3v) is 2.39. The van der Waals surface area contributed by atoms with Crippen LogP contribution < -0.4 is 5.73 Å². The van der Waals surface area contributed by atoms with Crippen molar-refractivity contribution in [2.75, 3.05) is 0 Å². The number of aliphatic carboxylic acids is 1. The molecule has 64 valence electrons. The maximum absolute atomic E-state index is 10.6. The molecule has 0 aromatic rings. The molecule has 1 fully saturated rings. The predicted molar refractivity (Wildman–Crippen MR) is 42.1 cm³/mol. The summed E-state index contributed by atoms with van der Waals surface area (Å²) in [4.78, 5) is 10.6. The summed E-state index contributed by atoms with van der Waals surface area (Å²) in [6, 6.07) is -0.150. The molecule has 2 atom stereocenters. The number of hydrogen-bond acceptors (Lipinski definition) is 2. The Kier molecular flexibility index (Phi) is 1.92. The van der Waals surface area contributed by atoms with Crippen molar-refractivity contribution in [2.24, 2.45) is 17.1 Å². The Labute approximate surface area is 66.6 Å². The van der Waals surface area contributed by atoms with Gasteiger partial charge in [-0.05, 0) is 18.3 Å². The normalized spacial score (nSPS) is 35.5. The Morgan fingerprint density at radius 1 is 1.55 bits per heavy atom. The van der Waals surface area contributed by atoms with Crippen LogP contribution in [0.15, 0.2) is 0 Å². The first-order valence-corrected chi connectivity index (χ1v) is 3.91. The van der Waals surface area contributed by atoms with Crippen LogP contribution in [0.3, 0.4) is 0 Å². The topological polar surface area (TPSA) is 63.3 Å². The van der Waals surface area contributed by atoms with Crippen LogP contribution in [0.5, 0.6) is 0 Å². The van der Waals surface area contributed by atoms with Gasteiger partial charge < -0.3 is 10.8 Å². The van der Waals surface area contributed by atoms with Crippen LogP contribution in [0, 0.1) is 11.3 Å². The van der Waals surface area contributed by atoms with Crippen LogP contribution in [0.25, 0.3) is 0 Å². The molecule has 1 saturated carbocycles. The lowest BCUT2D eigenvalue weighted by Gasteiger charge is -2.15. The van der Waals surface area contributed by atoms with Crippen molar-refractivity contribution in [3.63, 3.8) is 0 Å². The first kappa shape index (κ1) is 8.53. The molecule has 0 aromatic heterocycles. The molecule has 0 radical (unpaired) electrons. The summed E-state index contributed by atoms with van der Waals surface area (Å²) < 4.78 is 0. The van der Waals surface area contributed by atoms with Crippen LogP contribution in [-0.2, 0) is 4.79 Å². The zero-order chi connectivity index (χ0) is 8.65.